The maximum Gasteiger partial charge on any atom is 0.485 e. The summed E-state index contributed by atoms with van der Waals surface area (Å²) >= 11 is 0. The Bertz CT molecular complexity index is 743. The molecule has 1 aromatic carbocycles. The highest BCUT2D eigenvalue weighted by Crippen LogP contribution is 2.20. The van der Waals surface area contributed by atoms with Crippen molar-refractivity contribution in [2.24, 2.45) is 0 Å². The Kier molecular flexibility index (Phi) is 6.11. The zero-order chi connectivity index (χ0) is 17.7. The third-order valence-corrected chi connectivity index (χ3v) is 3.26. The number of ether oxygens (including phenoxy) is 1. The van der Waals surface area contributed by atoms with Crippen molar-refractivity contribution < 1.29 is 35.4 Å². The van der Waals surface area contributed by atoms with E-state index in [0.717, 1.165) is 11.4 Å². The molecule has 0 spiro atoms. The van der Waals surface area contributed by atoms with E-state index in [4.69, 9.17) is 17.7 Å². The third-order valence-electron chi connectivity index (χ3n) is 2.70. The third kappa shape index (κ3) is 5.53. The van der Waals surface area contributed by atoms with Gasteiger partial charge in [0, 0.05) is 31.2 Å². The lowest BCUT2D eigenvalue weighted by molar-refractivity contribution is -0.602. The number of hydrogen-bond donors (Lipinski definition) is 0. The first-order chi connectivity index (χ1) is 10.6. The minimum absolute atomic E-state index is 0.882. The molecule has 0 fully saturated rings. The molecule has 2 aromatic rings. The van der Waals surface area contributed by atoms with Crippen LogP contribution in [0.15, 0.2) is 48.7 Å². The number of nitrogens with zero attached hydrogens (tertiary/aromatic N) is 1. The van der Waals surface area contributed by atoms with Crippen molar-refractivity contribution in [1.82, 2.24) is 0 Å². The maximum absolute atomic E-state index is 10.7. The van der Waals surface area contributed by atoms with E-state index in [1.165, 1.54) is 5.69 Å². The largest absolute Gasteiger partial charge is 0.741 e. The molecule has 9 heteroatoms. The molecule has 23 heavy (non-hydrogen) atoms. The van der Waals surface area contributed by atoms with Crippen molar-refractivity contribution in [3.8, 4) is 11.4 Å². The number of aromatic nitrogens is 1. The van der Waals surface area contributed by atoms with E-state index in [1.807, 2.05) is 36.4 Å². The summed E-state index contributed by atoms with van der Waals surface area (Å²) in [6, 6.07) is 14.2. The maximum atomic E-state index is 10.7. The van der Waals surface area contributed by atoms with Gasteiger partial charge >= 0.3 is 5.51 Å². The molecule has 0 aliphatic carbocycles. The molecule has 0 atom stereocenters. The number of benzene rings is 1. The normalized spacial score (nSPS) is 11.4. The van der Waals surface area contributed by atoms with E-state index in [0.29, 0.717) is 0 Å². The first kappa shape index (κ1) is 18.9. The van der Waals surface area contributed by atoms with Crippen molar-refractivity contribution >= 4 is 10.1 Å². The van der Waals surface area contributed by atoms with Gasteiger partial charge in [-0.2, -0.15) is 17.7 Å². The molecule has 0 saturated carbocycles. The first-order valence-corrected chi connectivity index (χ1v) is 7.61. The SMILES string of the molecule is COc1ccc(-[n+]2ccccc2C)cc1.O=S(=O)([O-])C(F)(F)F. The van der Waals surface area contributed by atoms with Crippen molar-refractivity contribution in [2.45, 2.75) is 12.4 Å². The fraction of sp³-hybridized carbons (Fsp3) is 0.214. The van der Waals surface area contributed by atoms with Gasteiger partial charge in [0.2, 0.25) is 5.69 Å². The molecule has 0 bridgehead atoms. The Morgan fingerprint density at radius 1 is 1.09 bits per heavy atom. The number of hydrogen-bond acceptors (Lipinski definition) is 4. The monoisotopic (exact) mass is 349 g/mol. The van der Waals surface area contributed by atoms with Gasteiger partial charge in [0.05, 0.1) is 7.11 Å². The van der Waals surface area contributed by atoms with E-state index < -0.39 is 15.6 Å². The average Bonchev–Trinajstić information content (AvgIpc) is 2.46. The minimum atomic E-state index is -6.09. The molecule has 0 unspecified atom stereocenters. The molecular weight excluding hydrogens is 335 g/mol. The van der Waals surface area contributed by atoms with E-state index >= 15 is 0 Å². The molecule has 0 radical (unpaired) electrons. The molecule has 126 valence electrons. The zero-order valence-electron chi connectivity index (χ0n) is 12.2. The Morgan fingerprint density at radius 2 is 1.61 bits per heavy atom. The Labute approximate surface area is 131 Å². The van der Waals surface area contributed by atoms with Crippen LogP contribution in [0.4, 0.5) is 13.2 Å². The molecule has 0 saturated heterocycles. The van der Waals surface area contributed by atoms with Gasteiger partial charge in [0.25, 0.3) is 0 Å². The molecule has 0 aliphatic heterocycles. The van der Waals surface area contributed by atoms with Crippen molar-refractivity contribution in [2.75, 3.05) is 7.11 Å². The molecule has 0 N–H and O–H groups in total. The lowest BCUT2D eigenvalue weighted by Crippen LogP contribution is -2.33. The van der Waals surface area contributed by atoms with E-state index in [2.05, 4.69) is 23.8 Å². The average molecular weight is 349 g/mol. The van der Waals surface area contributed by atoms with Crippen LogP contribution in [0.1, 0.15) is 5.69 Å². The van der Waals surface area contributed by atoms with Crippen LogP contribution in [-0.2, 0) is 10.1 Å². The molecule has 2 rings (SSSR count). The van der Waals surface area contributed by atoms with Crippen LogP contribution >= 0.6 is 0 Å². The highest BCUT2D eigenvalue weighted by Gasteiger charge is 2.36. The fourth-order valence-corrected chi connectivity index (χ4v) is 1.56. The fourth-order valence-electron chi connectivity index (χ4n) is 1.56. The second kappa shape index (κ2) is 7.42. The van der Waals surface area contributed by atoms with Crippen molar-refractivity contribution in [3.05, 3.63) is 54.4 Å². The van der Waals surface area contributed by atoms with Crippen molar-refractivity contribution in [1.29, 1.82) is 0 Å². The van der Waals surface area contributed by atoms with Gasteiger partial charge in [-0.1, -0.05) is 6.07 Å². The number of rotatable bonds is 2. The molecule has 0 amide bonds. The van der Waals surface area contributed by atoms with Gasteiger partial charge in [-0.15, -0.1) is 0 Å². The molecule has 0 aliphatic rings. The van der Waals surface area contributed by atoms with E-state index in [1.54, 1.807) is 7.11 Å². The lowest BCUT2D eigenvalue weighted by atomic mass is 10.2. The summed E-state index contributed by atoms with van der Waals surface area (Å²) < 4.78 is 66.2. The van der Waals surface area contributed by atoms with Crippen LogP contribution < -0.4 is 9.30 Å². The standard InChI is InChI=1S/C13H14NO.CHF3O3S/c1-11-5-3-4-10-14(11)12-6-8-13(15-2)9-7-12;2-1(3,4)8(5,6)7/h3-10H,1-2H3;(H,5,6,7)/q+1;/p-1. The van der Waals surface area contributed by atoms with Crippen LogP contribution in [0, 0.1) is 6.92 Å². The summed E-state index contributed by atoms with van der Waals surface area (Å²) in [4.78, 5) is 0. The van der Waals surface area contributed by atoms with E-state index in [-0.39, 0.29) is 0 Å². The number of pyridine rings is 1. The van der Waals surface area contributed by atoms with Crippen molar-refractivity contribution in [3.63, 3.8) is 0 Å². The van der Waals surface area contributed by atoms with Gasteiger partial charge in [-0.3, -0.25) is 0 Å². The van der Waals surface area contributed by atoms with Crippen LogP contribution in [0.3, 0.4) is 0 Å². The Morgan fingerprint density at radius 3 is 2.00 bits per heavy atom. The lowest BCUT2D eigenvalue weighted by Gasteiger charge is -2.08. The highest BCUT2D eigenvalue weighted by atomic mass is 32.2. The van der Waals surface area contributed by atoms with Crippen LogP contribution in [0.25, 0.3) is 5.69 Å². The predicted molar refractivity (Wildman–Crippen MR) is 75.0 cm³/mol. The van der Waals surface area contributed by atoms with Gasteiger partial charge in [0.1, 0.15) is 5.75 Å². The molecular formula is C14H14F3NO4S. The van der Waals surface area contributed by atoms with E-state index in [9.17, 15) is 13.2 Å². The molecule has 1 heterocycles. The van der Waals surface area contributed by atoms with Crippen LogP contribution in [0.5, 0.6) is 5.75 Å². The number of alkyl halides is 3. The summed E-state index contributed by atoms with van der Waals surface area (Å²) in [5.74, 6) is 0.882. The number of aryl methyl sites for hydroxylation is 1. The van der Waals surface area contributed by atoms with Gasteiger partial charge in [0.15, 0.2) is 22.0 Å². The Balaban J connectivity index is 0.000000284. The minimum Gasteiger partial charge on any atom is -0.741 e. The molecule has 1 aromatic heterocycles. The van der Waals surface area contributed by atoms with Gasteiger partial charge < -0.3 is 9.29 Å². The zero-order valence-corrected chi connectivity index (χ0v) is 13.1. The smallest absolute Gasteiger partial charge is 0.485 e. The topological polar surface area (TPSA) is 70.3 Å². The van der Waals surface area contributed by atoms with Gasteiger partial charge in [-0.05, 0) is 12.1 Å². The summed E-state index contributed by atoms with van der Waals surface area (Å²) in [5, 5.41) is 0. The highest BCUT2D eigenvalue weighted by molar-refractivity contribution is 7.86. The summed E-state index contributed by atoms with van der Waals surface area (Å²) in [6.07, 6.45) is 2.05. The number of halogens is 3. The predicted octanol–water partition coefficient (Wildman–Crippen LogP) is 2.33. The second-order valence-corrected chi connectivity index (χ2v) is 5.68. The molecule has 5 nitrogen and oxygen atoms in total. The number of methoxy groups -OCH3 is 1. The summed E-state index contributed by atoms with van der Waals surface area (Å²) in [7, 11) is -4.41. The summed E-state index contributed by atoms with van der Waals surface area (Å²) in [5.41, 5.74) is -3.29. The quantitative estimate of drug-likeness (QED) is 0.474. The Hall–Kier alpha value is -2.13. The summed E-state index contributed by atoms with van der Waals surface area (Å²) in [6.45, 7) is 2.09. The first-order valence-electron chi connectivity index (χ1n) is 6.20. The van der Waals surface area contributed by atoms with Crippen LogP contribution in [0.2, 0.25) is 0 Å². The van der Waals surface area contributed by atoms with Gasteiger partial charge in [-0.25, -0.2) is 8.42 Å². The second-order valence-electron chi connectivity index (χ2n) is 4.31. The van der Waals surface area contributed by atoms with Crippen LogP contribution in [-0.4, -0.2) is 25.6 Å².